The van der Waals surface area contributed by atoms with Crippen molar-refractivity contribution in [2.45, 2.75) is 31.6 Å². The number of fused-ring (bicyclic) bond motifs is 1. The average Bonchev–Trinajstić information content (AvgIpc) is 2.79. The van der Waals surface area contributed by atoms with E-state index in [1.54, 1.807) is 18.3 Å². The second-order valence-electron chi connectivity index (χ2n) is 6.48. The quantitative estimate of drug-likeness (QED) is 0.820. The number of carbonyl (C=O) groups excluding carboxylic acids is 1. The third-order valence-electron chi connectivity index (χ3n) is 3.63. The lowest BCUT2D eigenvalue weighted by molar-refractivity contribution is -0.113. The number of phenols is 1. The Balaban J connectivity index is 2.12. The van der Waals surface area contributed by atoms with Gasteiger partial charge in [-0.2, -0.15) is 5.10 Å². The molecule has 1 aliphatic heterocycles. The van der Waals surface area contributed by atoms with Crippen LogP contribution >= 0.6 is 23.4 Å². The van der Waals surface area contributed by atoms with Crippen LogP contribution in [0, 0.1) is 0 Å². The number of halogens is 1. The Morgan fingerprint density at radius 2 is 2.17 bits per heavy atom. The first kappa shape index (κ1) is 16.2. The van der Waals surface area contributed by atoms with Crippen LogP contribution in [0.2, 0.25) is 5.02 Å². The highest BCUT2D eigenvalue weighted by Crippen LogP contribution is 2.43. The summed E-state index contributed by atoms with van der Waals surface area (Å²) in [5, 5.41) is 17.3. The number of amides is 1. The number of nitrogens with zero attached hydrogens (tertiary/aromatic N) is 2. The average molecular weight is 352 g/mol. The van der Waals surface area contributed by atoms with Gasteiger partial charge in [0.2, 0.25) is 5.91 Å². The van der Waals surface area contributed by atoms with Crippen molar-refractivity contribution < 1.29 is 9.90 Å². The van der Waals surface area contributed by atoms with Crippen molar-refractivity contribution in [2.24, 2.45) is 0 Å². The largest absolute Gasteiger partial charge is 0.506 e. The van der Waals surface area contributed by atoms with Gasteiger partial charge in [-0.05, 0) is 38.5 Å². The summed E-state index contributed by atoms with van der Waals surface area (Å²) >= 11 is 7.57. The van der Waals surface area contributed by atoms with E-state index in [1.165, 1.54) is 11.8 Å². The van der Waals surface area contributed by atoms with Crippen molar-refractivity contribution in [2.75, 3.05) is 11.1 Å². The van der Waals surface area contributed by atoms with Gasteiger partial charge >= 0.3 is 0 Å². The SMILES string of the molecule is CC(C)(C)n1ncc2c1NC(=O)CS[C@H]2c1ccc(O)c(Cl)c1. The number of phenolic OH excluding ortho intramolecular Hbond substituents is 1. The topological polar surface area (TPSA) is 67.2 Å². The normalized spacial score (nSPS) is 18.3. The van der Waals surface area contributed by atoms with Crippen LogP contribution in [0.25, 0.3) is 0 Å². The number of thioether (sulfide) groups is 1. The number of aromatic hydroxyl groups is 1. The molecule has 0 unspecified atom stereocenters. The molecule has 2 heterocycles. The van der Waals surface area contributed by atoms with Crippen molar-refractivity contribution in [3.63, 3.8) is 0 Å². The molecule has 23 heavy (non-hydrogen) atoms. The summed E-state index contributed by atoms with van der Waals surface area (Å²) in [6.45, 7) is 6.12. The molecule has 1 aliphatic rings. The molecule has 0 spiro atoms. The van der Waals surface area contributed by atoms with E-state index in [-0.39, 0.29) is 22.4 Å². The zero-order valence-corrected chi connectivity index (χ0v) is 14.7. The molecule has 1 atom stereocenters. The van der Waals surface area contributed by atoms with Crippen LogP contribution in [0.1, 0.15) is 37.1 Å². The van der Waals surface area contributed by atoms with Gasteiger partial charge in [-0.25, -0.2) is 4.68 Å². The Labute approximate surface area is 144 Å². The van der Waals surface area contributed by atoms with E-state index >= 15 is 0 Å². The van der Waals surface area contributed by atoms with Gasteiger partial charge in [0, 0.05) is 5.56 Å². The van der Waals surface area contributed by atoms with E-state index in [4.69, 9.17) is 11.6 Å². The lowest BCUT2D eigenvalue weighted by Crippen LogP contribution is -2.27. The minimum absolute atomic E-state index is 0.0466. The second kappa shape index (κ2) is 5.76. The number of benzene rings is 1. The molecule has 0 bridgehead atoms. The van der Waals surface area contributed by atoms with Crippen LogP contribution in [-0.2, 0) is 10.3 Å². The molecule has 3 rings (SSSR count). The molecule has 5 nitrogen and oxygen atoms in total. The van der Waals surface area contributed by atoms with Crippen LogP contribution in [0.4, 0.5) is 5.82 Å². The number of nitrogens with one attached hydrogen (secondary N) is 1. The highest BCUT2D eigenvalue weighted by molar-refractivity contribution is 8.00. The summed E-state index contributed by atoms with van der Waals surface area (Å²) < 4.78 is 1.83. The predicted molar refractivity (Wildman–Crippen MR) is 93.3 cm³/mol. The standard InChI is InChI=1S/C16H18ClN3O2S/c1-16(2,3)20-15-10(7-18-20)14(23-8-13(22)19-15)9-4-5-12(21)11(17)6-9/h4-7,14,21H,8H2,1-3H3,(H,19,22)/t14-/m0/s1. The maximum atomic E-state index is 12.1. The molecule has 0 saturated carbocycles. The van der Waals surface area contributed by atoms with E-state index < -0.39 is 0 Å². The van der Waals surface area contributed by atoms with Crippen LogP contribution in [0.5, 0.6) is 5.75 Å². The van der Waals surface area contributed by atoms with Gasteiger partial charge < -0.3 is 10.4 Å². The van der Waals surface area contributed by atoms with E-state index in [1.807, 2.05) is 31.5 Å². The van der Waals surface area contributed by atoms with Crippen molar-refractivity contribution in [1.82, 2.24) is 9.78 Å². The molecule has 2 aromatic rings. The number of anilines is 1. The Hall–Kier alpha value is -1.66. The third-order valence-corrected chi connectivity index (χ3v) is 5.22. The Morgan fingerprint density at radius 1 is 1.43 bits per heavy atom. The lowest BCUT2D eigenvalue weighted by atomic mass is 10.1. The number of carbonyl (C=O) groups is 1. The van der Waals surface area contributed by atoms with E-state index in [9.17, 15) is 9.90 Å². The van der Waals surface area contributed by atoms with Gasteiger partial charge in [-0.15, -0.1) is 11.8 Å². The minimum Gasteiger partial charge on any atom is -0.506 e. The lowest BCUT2D eigenvalue weighted by Gasteiger charge is -2.23. The monoisotopic (exact) mass is 351 g/mol. The number of aromatic nitrogens is 2. The molecule has 1 aromatic heterocycles. The zero-order valence-electron chi connectivity index (χ0n) is 13.1. The summed E-state index contributed by atoms with van der Waals surface area (Å²) in [4.78, 5) is 12.1. The Bertz CT molecular complexity index is 767. The summed E-state index contributed by atoms with van der Waals surface area (Å²) in [7, 11) is 0. The highest BCUT2D eigenvalue weighted by atomic mass is 35.5. The third kappa shape index (κ3) is 3.05. The molecule has 1 aromatic carbocycles. The predicted octanol–water partition coefficient (Wildman–Crippen LogP) is 3.77. The van der Waals surface area contributed by atoms with Crippen molar-refractivity contribution >= 4 is 35.1 Å². The van der Waals surface area contributed by atoms with Gasteiger partial charge in [-0.1, -0.05) is 17.7 Å². The molecular weight excluding hydrogens is 334 g/mol. The van der Waals surface area contributed by atoms with Crippen LogP contribution in [0.15, 0.2) is 24.4 Å². The van der Waals surface area contributed by atoms with Crippen molar-refractivity contribution in [1.29, 1.82) is 0 Å². The first-order valence-corrected chi connectivity index (χ1v) is 8.68. The van der Waals surface area contributed by atoms with Crippen LogP contribution < -0.4 is 5.32 Å². The van der Waals surface area contributed by atoms with E-state index in [2.05, 4.69) is 10.4 Å². The van der Waals surface area contributed by atoms with Crippen LogP contribution in [0.3, 0.4) is 0 Å². The Kier molecular flexibility index (Phi) is 4.06. The maximum absolute atomic E-state index is 12.1. The smallest absolute Gasteiger partial charge is 0.235 e. The summed E-state index contributed by atoms with van der Waals surface area (Å²) in [5.41, 5.74) is 1.63. The maximum Gasteiger partial charge on any atom is 0.235 e. The molecule has 0 saturated heterocycles. The van der Waals surface area contributed by atoms with Crippen molar-refractivity contribution in [3.05, 3.63) is 40.5 Å². The van der Waals surface area contributed by atoms with E-state index in [0.29, 0.717) is 10.8 Å². The molecule has 0 fully saturated rings. The zero-order chi connectivity index (χ0) is 16.8. The molecule has 1 amide bonds. The van der Waals surface area contributed by atoms with Gasteiger partial charge in [-0.3, -0.25) is 4.79 Å². The molecule has 0 radical (unpaired) electrons. The number of hydrogen-bond acceptors (Lipinski definition) is 4. The Morgan fingerprint density at radius 3 is 2.83 bits per heavy atom. The van der Waals surface area contributed by atoms with Gasteiger partial charge in [0.05, 0.1) is 27.8 Å². The first-order valence-electron chi connectivity index (χ1n) is 7.25. The van der Waals surface area contributed by atoms with Crippen LogP contribution in [-0.4, -0.2) is 26.5 Å². The van der Waals surface area contributed by atoms with Gasteiger partial charge in [0.25, 0.3) is 0 Å². The molecular formula is C16H18ClN3O2S. The fourth-order valence-corrected chi connectivity index (χ4v) is 3.84. The fourth-order valence-electron chi connectivity index (χ4n) is 2.57. The van der Waals surface area contributed by atoms with E-state index in [0.717, 1.165) is 16.9 Å². The van der Waals surface area contributed by atoms with Gasteiger partial charge in [0.15, 0.2) is 0 Å². The second-order valence-corrected chi connectivity index (χ2v) is 7.98. The first-order chi connectivity index (χ1) is 10.8. The number of hydrogen-bond donors (Lipinski definition) is 2. The van der Waals surface area contributed by atoms with Crippen molar-refractivity contribution in [3.8, 4) is 5.75 Å². The summed E-state index contributed by atoms with van der Waals surface area (Å²) in [6, 6.07) is 5.14. The summed E-state index contributed by atoms with van der Waals surface area (Å²) in [6.07, 6.45) is 1.80. The highest BCUT2D eigenvalue weighted by Gasteiger charge is 2.30. The number of rotatable bonds is 1. The van der Waals surface area contributed by atoms with Gasteiger partial charge in [0.1, 0.15) is 11.6 Å². The summed E-state index contributed by atoms with van der Waals surface area (Å²) in [5.74, 6) is 1.08. The molecule has 122 valence electrons. The fraction of sp³-hybridized carbons (Fsp3) is 0.375. The molecule has 2 N–H and O–H groups in total. The minimum atomic E-state index is -0.243. The molecule has 7 heteroatoms. The molecule has 0 aliphatic carbocycles.